The van der Waals surface area contributed by atoms with Crippen molar-refractivity contribution in [2.45, 2.75) is 12.8 Å². The Balaban J connectivity index is 1.95. The molecule has 0 fully saturated rings. The summed E-state index contributed by atoms with van der Waals surface area (Å²) in [5.41, 5.74) is 4.99. The molecule has 1 heteroatoms. The molecule has 1 aliphatic rings. The van der Waals surface area contributed by atoms with E-state index in [4.69, 9.17) is 4.98 Å². The summed E-state index contributed by atoms with van der Waals surface area (Å²) in [7, 11) is 0. The fraction of sp³-hybridized carbons (Fsp3) is 0.0952. The summed E-state index contributed by atoms with van der Waals surface area (Å²) < 4.78 is 0. The topological polar surface area (TPSA) is 12.9 Å². The summed E-state index contributed by atoms with van der Waals surface area (Å²) in [6.45, 7) is 0. The summed E-state index contributed by atoms with van der Waals surface area (Å²) in [6.07, 6.45) is 6.86. The molecule has 1 aromatic heterocycles. The fourth-order valence-corrected chi connectivity index (χ4v) is 3.59. The molecule has 104 valence electrons. The van der Waals surface area contributed by atoms with E-state index in [0.29, 0.717) is 0 Å². The zero-order valence-electron chi connectivity index (χ0n) is 12.2. The first-order chi connectivity index (χ1) is 10.9. The van der Waals surface area contributed by atoms with Crippen molar-refractivity contribution in [2.75, 3.05) is 0 Å². The minimum Gasteiger partial charge on any atom is -0.248 e. The van der Waals surface area contributed by atoms with Gasteiger partial charge in [-0.15, -0.1) is 0 Å². The van der Waals surface area contributed by atoms with Crippen molar-refractivity contribution >= 4 is 38.7 Å². The molecule has 3 aromatic carbocycles. The van der Waals surface area contributed by atoms with Gasteiger partial charge in [0.05, 0.1) is 11.0 Å². The predicted molar refractivity (Wildman–Crippen MR) is 94.1 cm³/mol. The van der Waals surface area contributed by atoms with Crippen molar-refractivity contribution in [1.29, 1.82) is 0 Å². The maximum Gasteiger partial charge on any atom is 0.0716 e. The first kappa shape index (κ1) is 11.9. The number of aryl methyl sites for hydroxylation is 1. The van der Waals surface area contributed by atoms with Gasteiger partial charge in [-0.3, -0.25) is 0 Å². The second-order valence-electron chi connectivity index (χ2n) is 5.99. The Morgan fingerprint density at radius 1 is 0.773 bits per heavy atom. The quantitative estimate of drug-likeness (QED) is 0.306. The molecule has 0 amide bonds. The van der Waals surface area contributed by atoms with E-state index in [1.807, 2.05) is 6.07 Å². The van der Waals surface area contributed by atoms with Crippen molar-refractivity contribution < 1.29 is 0 Å². The average molecular weight is 281 g/mol. The van der Waals surface area contributed by atoms with Crippen LogP contribution in [0.3, 0.4) is 0 Å². The number of fused-ring (bicyclic) bond motifs is 6. The van der Waals surface area contributed by atoms with Gasteiger partial charge in [0, 0.05) is 10.8 Å². The molecule has 4 aromatic rings. The Morgan fingerprint density at radius 2 is 1.68 bits per heavy atom. The molecule has 1 nitrogen and oxygen atoms in total. The first-order valence-corrected chi connectivity index (χ1v) is 7.81. The zero-order chi connectivity index (χ0) is 14.5. The van der Waals surface area contributed by atoms with Crippen LogP contribution >= 0.6 is 0 Å². The highest BCUT2D eigenvalue weighted by atomic mass is 14.7. The summed E-state index contributed by atoms with van der Waals surface area (Å²) in [5.74, 6) is 0. The van der Waals surface area contributed by atoms with Gasteiger partial charge in [0.25, 0.3) is 0 Å². The Labute approximate surface area is 128 Å². The van der Waals surface area contributed by atoms with Crippen molar-refractivity contribution in [3.05, 3.63) is 71.8 Å². The molecule has 0 unspecified atom stereocenters. The number of allylic oxidation sites excluding steroid dienone is 1. The van der Waals surface area contributed by atoms with Crippen molar-refractivity contribution in [3.63, 3.8) is 0 Å². The van der Waals surface area contributed by atoms with Crippen LogP contribution in [0.5, 0.6) is 0 Å². The van der Waals surface area contributed by atoms with Gasteiger partial charge in [0.15, 0.2) is 0 Å². The summed E-state index contributed by atoms with van der Waals surface area (Å²) in [4.78, 5) is 4.82. The van der Waals surface area contributed by atoms with Gasteiger partial charge in [0.2, 0.25) is 0 Å². The Hall–Kier alpha value is -2.67. The predicted octanol–water partition coefficient (Wildman–Crippen LogP) is 5.50. The fourth-order valence-electron chi connectivity index (χ4n) is 3.59. The van der Waals surface area contributed by atoms with E-state index in [1.165, 1.54) is 32.7 Å². The third-order valence-electron chi connectivity index (χ3n) is 4.69. The molecule has 0 saturated heterocycles. The highest BCUT2D eigenvalue weighted by Gasteiger charge is 2.11. The summed E-state index contributed by atoms with van der Waals surface area (Å²) >= 11 is 0. The van der Waals surface area contributed by atoms with Crippen LogP contribution in [-0.4, -0.2) is 4.98 Å². The smallest absolute Gasteiger partial charge is 0.0716 e. The zero-order valence-corrected chi connectivity index (χ0v) is 12.2. The Kier molecular flexibility index (Phi) is 2.39. The van der Waals surface area contributed by atoms with E-state index >= 15 is 0 Å². The molecule has 1 aliphatic carbocycles. The van der Waals surface area contributed by atoms with Crippen molar-refractivity contribution in [2.24, 2.45) is 0 Å². The normalized spacial score (nSPS) is 13.8. The number of para-hydroxylation sites is 1. The number of rotatable bonds is 0. The van der Waals surface area contributed by atoms with Gasteiger partial charge in [-0.2, -0.15) is 0 Å². The maximum atomic E-state index is 4.82. The lowest BCUT2D eigenvalue weighted by molar-refractivity contribution is 0.990. The van der Waals surface area contributed by atoms with Crippen LogP contribution in [0.1, 0.15) is 17.5 Å². The second-order valence-corrected chi connectivity index (χ2v) is 5.99. The molecule has 0 aliphatic heterocycles. The molecule has 0 radical (unpaired) electrons. The van der Waals surface area contributed by atoms with Crippen LogP contribution in [0.15, 0.2) is 60.7 Å². The van der Waals surface area contributed by atoms with Crippen LogP contribution < -0.4 is 0 Å². The second kappa shape index (κ2) is 4.41. The lowest BCUT2D eigenvalue weighted by Crippen LogP contribution is -1.95. The van der Waals surface area contributed by atoms with E-state index in [2.05, 4.69) is 60.7 Å². The van der Waals surface area contributed by atoms with Crippen LogP contribution in [0, 0.1) is 0 Å². The Bertz CT molecular complexity index is 1070. The lowest BCUT2D eigenvalue weighted by Gasteiger charge is -2.14. The van der Waals surface area contributed by atoms with Gasteiger partial charge in [-0.05, 0) is 52.9 Å². The molecule has 1 heterocycles. The Morgan fingerprint density at radius 3 is 2.68 bits per heavy atom. The molecular formula is C21H15N. The lowest BCUT2D eigenvalue weighted by atomic mass is 9.91. The average Bonchev–Trinajstić information content (AvgIpc) is 2.59. The van der Waals surface area contributed by atoms with Gasteiger partial charge in [-0.1, -0.05) is 48.6 Å². The van der Waals surface area contributed by atoms with E-state index in [0.717, 1.165) is 23.9 Å². The first-order valence-electron chi connectivity index (χ1n) is 7.81. The van der Waals surface area contributed by atoms with Gasteiger partial charge >= 0.3 is 0 Å². The molecule has 0 spiro atoms. The summed E-state index contributed by atoms with van der Waals surface area (Å²) in [5, 5.41) is 5.10. The molecule has 5 rings (SSSR count). The number of nitrogens with zero attached hydrogens (tertiary/aromatic N) is 1. The monoisotopic (exact) mass is 281 g/mol. The van der Waals surface area contributed by atoms with Gasteiger partial charge in [-0.25, -0.2) is 4.98 Å². The molecule has 0 N–H and O–H groups in total. The molecule has 22 heavy (non-hydrogen) atoms. The van der Waals surface area contributed by atoms with Crippen molar-refractivity contribution in [1.82, 2.24) is 4.98 Å². The minimum absolute atomic E-state index is 1.06. The molecular weight excluding hydrogens is 266 g/mol. The third-order valence-corrected chi connectivity index (χ3v) is 4.69. The van der Waals surface area contributed by atoms with E-state index in [-0.39, 0.29) is 0 Å². The minimum atomic E-state index is 1.06. The highest BCUT2D eigenvalue weighted by Crippen LogP contribution is 2.33. The summed E-state index contributed by atoms with van der Waals surface area (Å²) in [6, 6.07) is 19.6. The largest absolute Gasteiger partial charge is 0.248 e. The molecule has 0 saturated carbocycles. The van der Waals surface area contributed by atoms with E-state index in [9.17, 15) is 0 Å². The van der Waals surface area contributed by atoms with E-state index in [1.54, 1.807) is 0 Å². The van der Waals surface area contributed by atoms with Crippen LogP contribution in [0.2, 0.25) is 0 Å². The van der Waals surface area contributed by atoms with Gasteiger partial charge < -0.3 is 0 Å². The van der Waals surface area contributed by atoms with Crippen LogP contribution in [0.25, 0.3) is 38.7 Å². The third kappa shape index (κ3) is 1.62. The number of hydrogen-bond acceptors (Lipinski definition) is 1. The number of pyridine rings is 1. The van der Waals surface area contributed by atoms with E-state index < -0.39 is 0 Å². The number of aromatic nitrogens is 1. The number of benzene rings is 3. The van der Waals surface area contributed by atoms with Gasteiger partial charge in [0.1, 0.15) is 0 Å². The molecule has 0 bridgehead atoms. The number of hydrogen-bond donors (Lipinski definition) is 0. The van der Waals surface area contributed by atoms with Crippen molar-refractivity contribution in [3.8, 4) is 0 Å². The van der Waals surface area contributed by atoms with Crippen LogP contribution in [-0.2, 0) is 6.42 Å². The maximum absolute atomic E-state index is 4.82. The molecule has 0 atom stereocenters. The SMILES string of the molecule is C1=Cc2c(ccc3c2ccc2nc4ccccc4cc23)CC1. The highest BCUT2D eigenvalue weighted by molar-refractivity contribution is 6.11. The standard InChI is InChI=1S/C21H15N/c1-3-7-16-14(5-1)9-10-18-17(16)11-12-21-19(18)13-15-6-2-4-8-20(15)22-21/h2-4,6-13H,1,5H2. The van der Waals surface area contributed by atoms with Crippen LogP contribution in [0.4, 0.5) is 0 Å².